The molecule has 3 aliphatic rings. The lowest BCUT2D eigenvalue weighted by Crippen LogP contribution is -2.65. The molecule has 1 atom stereocenters. The second kappa shape index (κ2) is 11.4. The number of halogens is 1. The number of thiophene rings is 2. The molecule has 7 heteroatoms. The number of amides is 1. The minimum atomic E-state index is -0.161. The van der Waals surface area contributed by atoms with E-state index in [4.69, 9.17) is 4.74 Å². The van der Waals surface area contributed by atoms with E-state index in [1.54, 1.807) is 22.7 Å². The van der Waals surface area contributed by atoms with E-state index in [0.717, 1.165) is 21.9 Å². The fraction of sp³-hybridized carbons (Fsp3) is 0.483. The van der Waals surface area contributed by atoms with E-state index in [2.05, 4.69) is 77.6 Å². The molecule has 5 heterocycles. The zero-order valence-electron chi connectivity index (χ0n) is 21.2. The molecule has 4 nitrogen and oxygen atoms in total. The lowest BCUT2D eigenvalue weighted by atomic mass is 9.83. The summed E-state index contributed by atoms with van der Waals surface area (Å²) in [6, 6.07) is 15.1. The molecule has 1 aromatic carbocycles. The third-order valence-electron chi connectivity index (χ3n) is 8.05. The van der Waals surface area contributed by atoms with E-state index < -0.39 is 0 Å². The Balaban J connectivity index is 1.24. The van der Waals surface area contributed by atoms with Gasteiger partial charge in [-0.15, -0.1) is 22.7 Å². The number of benzene rings is 1. The van der Waals surface area contributed by atoms with E-state index in [0.29, 0.717) is 19.0 Å². The van der Waals surface area contributed by atoms with Crippen molar-refractivity contribution < 1.29 is 14.0 Å². The number of aryl methyl sites for hydroxylation is 3. The number of piperidine rings is 3. The molecule has 3 saturated heterocycles. The van der Waals surface area contributed by atoms with Crippen LogP contribution in [0.4, 0.5) is 4.79 Å². The monoisotopic (exact) mass is 587 g/mol. The maximum Gasteiger partial charge on any atom is 0.410 e. The summed E-state index contributed by atoms with van der Waals surface area (Å²) in [6.45, 7) is 10.0. The highest BCUT2D eigenvalue weighted by Gasteiger charge is 2.47. The highest BCUT2D eigenvalue weighted by Crippen LogP contribution is 2.37. The largest absolute Gasteiger partial charge is 0.440 e. The van der Waals surface area contributed by atoms with Gasteiger partial charge in [0, 0.05) is 44.3 Å². The zero-order chi connectivity index (χ0) is 25.1. The number of carbonyl (C=O) groups is 1. The van der Waals surface area contributed by atoms with Crippen LogP contribution in [-0.2, 0) is 24.2 Å². The molecular weight excluding hydrogens is 552 g/mol. The Morgan fingerprint density at radius 3 is 2.58 bits per heavy atom. The molecule has 0 aliphatic carbocycles. The van der Waals surface area contributed by atoms with Crippen molar-refractivity contribution in [2.45, 2.75) is 58.7 Å². The van der Waals surface area contributed by atoms with Gasteiger partial charge in [-0.1, -0.05) is 30.3 Å². The average molecular weight is 589 g/mol. The maximum atomic E-state index is 13.6. The van der Waals surface area contributed by atoms with Crippen LogP contribution in [0.15, 0.2) is 52.3 Å². The smallest absolute Gasteiger partial charge is 0.410 e. The van der Waals surface area contributed by atoms with Gasteiger partial charge in [-0.3, -0.25) is 4.90 Å². The highest BCUT2D eigenvalue weighted by molar-refractivity contribution is 9.10. The third-order valence-corrected chi connectivity index (χ3v) is 11.2. The second-order valence-electron chi connectivity index (χ2n) is 10.5. The van der Waals surface area contributed by atoms with Crippen molar-refractivity contribution >= 4 is 44.7 Å². The number of hydrogen-bond donors (Lipinski definition) is 0. The molecule has 0 spiro atoms. The number of fused-ring (bicyclic) bond motifs is 3. The Kier molecular flexibility index (Phi) is 8.21. The van der Waals surface area contributed by atoms with Gasteiger partial charge in [0.25, 0.3) is 0 Å². The van der Waals surface area contributed by atoms with E-state index in [9.17, 15) is 4.79 Å². The van der Waals surface area contributed by atoms with Crippen molar-refractivity contribution in [1.29, 1.82) is 0 Å². The third kappa shape index (κ3) is 6.07. The van der Waals surface area contributed by atoms with Crippen LogP contribution in [0.3, 0.4) is 0 Å². The predicted molar refractivity (Wildman–Crippen MR) is 153 cm³/mol. The van der Waals surface area contributed by atoms with Gasteiger partial charge in [0.1, 0.15) is 6.54 Å². The summed E-state index contributed by atoms with van der Waals surface area (Å²) >= 11 is 7.10. The number of nitrogens with zero attached hydrogens (tertiary/aromatic N) is 2. The van der Waals surface area contributed by atoms with Crippen LogP contribution >= 0.6 is 38.6 Å². The summed E-state index contributed by atoms with van der Waals surface area (Å²) in [5, 5.41) is 2.11. The molecule has 0 unspecified atom stereocenters. The first-order valence-corrected chi connectivity index (χ1v) is 15.5. The fourth-order valence-corrected chi connectivity index (χ4v) is 8.38. The van der Waals surface area contributed by atoms with Crippen molar-refractivity contribution in [3.8, 4) is 0 Å². The minimum Gasteiger partial charge on any atom is -0.440 e. The van der Waals surface area contributed by atoms with Gasteiger partial charge in [-0.25, -0.2) is 4.79 Å². The number of quaternary nitrogens is 1. The molecule has 0 N–H and O–H groups in total. The van der Waals surface area contributed by atoms with Crippen LogP contribution in [0.25, 0.3) is 0 Å². The van der Waals surface area contributed by atoms with Gasteiger partial charge in [0.2, 0.25) is 0 Å². The number of hydrogen-bond acceptors (Lipinski definition) is 4. The quantitative estimate of drug-likeness (QED) is 0.241. The van der Waals surface area contributed by atoms with Crippen LogP contribution in [0.1, 0.15) is 45.0 Å². The Labute approximate surface area is 231 Å². The summed E-state index contributed by atoms with van der Waals surface area (Å²) in [7, 11) is 0. The Morgan fingerprint density at radius 2 is 1.92 bits per heavy atom. The van der Waals surface area contributed by atoms with Crippen molar-refractivity contribution in [2.24, 2.45) is 5.92 Å². The molecule has 192 valence electrons. The van der Waals surface area contributed by atoms with E-state index in [1.165, 1.54) is 64.7 Å². The number of rotatable bonds is 9. The maximum absolute atomic E-state index is 13.6. The minimum absolute atomic E-state index is 0.0282. The van der Waals surface area contributed by atoms with E-state index in [-0.39, 0.29) is 12.2 Å². The topological polar surface area (TPSA) is 29.5 Å². The first-order valence-electron chi connectivity index (χ1n) is 13.0. The van der Waals surface area contributed by atoms with Crippen molar-refractivity contribution in [3.05, 3.63) is 78.1 Å². The summed E-state index contributed by atoms with van der Waals surface area (Å²) < 4.78 is 8.57. The summed E-state index contributed by atoms with van der Waals surface area (Å²) in [5.74, 6) is 0.506. The summed E-state index contributed by atoms with van der Waals surface area (Å²) in [5.41, 5.74) is 2.66. The van der Waals surface area contributed by atoms with Gasteiger partial charge in [0.05, 0.1) is 32.7 Å². The normalized spacial score (nSPS) is 23.1. The molecule has 6 rings (SSSR count). The molecule has 3 aromatic rings. The van der Waals surface area contributed by atoms with Crippen LogP contribution in [0.5, 0.6) is 0 Å². The highest BCUT2D eigenvalue weighted by atomic mass is 79.9. The van der Waals surface area contributed by atoms with Gasteiger partial charge >= 0.3 is 6.09 Å². The Morgan fingerprint density at radius 1 is 1.14 bits per heavy atom. The van der Waals surface area contributed by atoms with Crippen LogP contribution in [0, 0.1) is 19.8 Å². The summed E-state index contributed by atoms with van der Waals surface area (Å²) in [6.07, 6.45) is 4.52. The van der Waals surface area contributed by atoms with E-state index in [1.807, 2.05) is 4.90 Å². The first kappa shape index (κ1) is 26.0. The molecule has 3 fully saturated rings. The number of carbonyl (C=O) groups excluding carboxylic acids is 1. The standard InChI is InChI=1S/C29H36BrN2O2S2/c1-21-12-16-35-28(21)19-31(18-25-17-26(30)22(2)36-25)29(33)34-27-20-32(14-10-24(27)11-15-32)13-6-9-23-7-4-3-5-8-23/h3-5,7-8,12,16-17,24,27H,6,9-11,13-15,18-20H2,1-2H3/q+1/t24?,27-,32?/m0/s1. The molecule has 0 saturated carbocycles. The van der Waals surface area contributed by atoms with Crippen LogP contribution < -0.4 is 0 Å². The average Bonchev–Trinajstić information content (AvgIpc) is 3.43. The molecule has 2 aromatic heterocycles. The van der Waals surface area contributed by atoms with Crippen molar-refractivity contribution in [1.82, 2.24) is 4.90 Å². The van der Waals surface area contributed by atoms with Crippen LogP contribution in [-0.4, -0.2) is 47.8 Å². The fourth-order valence-electron chi connectivity index (χ4n) is 5.84. The first-order chi connectivity index (χ1) is 17.4. The SMILES string of the molecule is Cc1ccsc1CN(Cc1cc(Br)c(C)s1)C(=O)O[C@H]1C[N+]2(CCCc3ccccc3)CCC1CC2. The molecule has 2 bridgehead atoms. The number of ether oxygens (including phenoxy) is 1. The zero-order valence-corrected chi connectivity index (χ0v) is 24.5. The predicted octanol–water partition coefficient (Wildman–Crippen LogP) is 7.57. The summed E-state index contributed by atoms with van der Waals surface area (Å²) in [4.78, 5) is 19.2. The van der Waals surface area contributed by atoms with Crippen LogP contribution in [0.2, 0.25) is 0 Å². The Hall–Kier alpha value is -1.67. The molecular formula is C29H36BrN2O2S2+. The molecule has 3 aliphatic heterocycles. The molecule has 0 radical (unpaired) electrons. The Bertz CT molecular complexity index is 1150. The lowest BCUT2D eigenvalue weighted by Gasteiger charge is -2.52. The van der Waals surface area contributed by atoms with Crippen molar-refractivity contribution in [3.63, 3.8) is 0 Å². The molecule has 36 heavy (non-hydrogen) atoms. The van der Waals surface area contributed by atoms with E-state index >= 15 is 0 Å². The van der Waals surface area contributed by atoms with Crippen molar-refractivity contribution in [2.75, 3.05) is 26.2 Å². The lowest BCUT2D eigenvalue weighted by molar-refractivity contribution is -0.946. The van der Waals surface area contributed by atoms with Gasteiger partial charge in [-0.05, 0) is 64.8 Å². The van der Waals surface area contributed by atoms with Gasteiger partial charge in [-0.2, -0.15) is 0 Å². The second-order valence-corrected chi connectivity index (χ2v) is 13.7. The van der Waals surface area contributed by atoms with Gasteiger partial charge in [0.15, 0.2) is 6.10 Å². The molecule has 1 amide bonds. The van der Waals surface area contributed by atoms with Gasteiger partial charge < -0.3 is 9.22 Å².